The predicted molar refractivity (Wildman–Crippen MR) is 80.6 cm³/mol. The lowest BCUT2D eigenvalue weighted by atomic mass is 10.2. The molecule has 0 saturated heterocycles. The zero-order valence-corrected chi connectivity index (χ0v) is 13.8. The summed E-state index contributed by atoms with van der Waals surface area (Å²) in [7, 11) is -2.08. The molecule has 0 radical (unpaired) electrons. The molecule has 0 bridgehead atoms. The lowest BCUT2D eigenvalue weighted by Crippen LogP contribution is -2.28. The number of halogens is 1. The zero-order chi connectivity index (χ0) is 14.9. The van der Waals surface area contributed by atoms with Gasteiger partial charge in [-0.3, -0.25) is 4.68 Å². The van der Waals surface area contributed by atoms with E-state index < -0.39 is 10.0 Å². The summed E-state index contributed by atoms with van der Waals surface area (Å²) in [6.07, 6.45) is 0.663. The molecule has 110 valence electrons. The number of hydrogen-bond donors (Lipinski definition) is 1. The Bertz CT molecular complexity index is 693. The monoisotopic (exact) mass is 333 g/mol. The number of aromatic nitrogens is 2. The van der Waals surface area contributed by atoms with E-state index in [1.807, 2.05) is 24.4 Å². The number of sulfonamides is 1. The molecule has 2 aromatic rings. The third-order valence-electron chi connectivity index (χ3n) is 2.96. The summed E-state index contributed by atoms with van der Waals surface area (Å²) < 4.78 is 29.1. The number of aryl methyl sites for hydroxylation is 2. The van der Waals surface area contributed by atoms with Crippen molar-refractivity contribution in [3.05, 3.63) is 33.2 Å². The molecule has 2 aromatic heterocycles. The maximum absolute atomic E-state index is 12.5. The van der Waals surface area contributed by atoms with Gasteiger partial charge in [0.25, 0.3) is 0 Å². The lowest BCUT2D eigenvalue weighted by molar-refractivity contribution is 0.552. The second-order valence-electron chi connectivity index (χ2n) is 4.43. The van der Waals surface area contributed by atoms with Crippen molar-refractivity contribution in [1.82, 2.24) is 14.5 Å². The van der Waals surface area contributed by atoms with Gasteiger partial charge in [-0.25, -0.2) is 13.1 Å². The number of nitrogens with zero attached hydrogens (tertiary/aromatic N) is 2. The molecule has 0 fully saturated rings. The first-order valence-electron chi connectivity index (χ1n) is 6.11. The van der Waals surface area contributed by atoms with Gasteiger partial charge in [0.05, 0.1) is 11.7 Å². The molecule has 5 nitrogen and oxygen atoms in total. The number of rotatable bonds is 5. The minimum absolute atomic E-state index is 0.0525. The first kappa shape index (κ1) is 15.5. The van der Waals surface area contributed by atoms with Crippen LogP contribution < -0.4 is 4.72 Å². The van der Waals surface area contributed by atoms with Gasteiger partial charge in [0, 0.05) is 11.9 Å². The van der Waals surface area contributed by atoms with E-state index in [4.69, 9.17) is 11.6 Å². The standard InChI is InChI=1S/C12H16ClN3O2S2/c1-4-9(10-6-5-7-19-10)15-20(17,18)11-8(2)14-16(3)12(11)13/h5-7,9,15H,4H2,1-3H3. The highest BCUT2D eigenvalue weighted by atomic mass is 35.5. The fourth-order valence-corrected chi connectivity index (χ4v) is 4.98. The van der Waals surface area contributed by atoms with Crippen LogP contribution in [0, 0.1) is 6.92 Å². The predicted octanol–water partition coefficient (Wildman–Crippen LogP) is 2.87. The van der Waals surface area contributed by atoms with Crippen LogP contribution >= 0.6 is 22.9 Å². The average molecular weight is 334 g/mol. The molecule has 0 aliphatic carbocycles. The molecule has 2 rings (SSSR count). The summed E-state index contributed by atoms with van der Waals surface area (Å²) >= 11 is 7.56. The number of hydrogen-bond acceptors (Lipinski definition) is 4. The summed E-state index contributed by atoms with van der Waals surface area (Å²) in [5, 5.41) is 6.09. The van der Waals surface area contributed by atoms with E-state index in [2.05, 4.69) is 9.82 Å². The molecule has 0 aliphatic rings. The van der Waals surface area contributed by atoms with Crippen LogP contribution in [0.15, 0.2) is 22.4 Å². The zero-order valence-electron chi connectivity index (χ0n) is 11.4. The van der Waals surface area contributed by atoms with Crippen molar-refractivity contribution in [3.8, 4) is 0 Å². The van der Waals surface area contributed by atoms with Crippen molar-refractivity contribution in [2.75, 3.05) is 0 Å². The van der Waals surface area contributed by atoms with Crippen LogP contribution in [0.4, 0.5) is 0 Å². The van der Waals surface area contributed by atoms with Crippen LogP contribution in [0.25, 0.3) is 0 Å². The largest absolute Gasteiger partial charge is 0.255 e. The van der Waals surface area contributed by atoms with Crippen LogP contribution in [0.5, 0.6) is 0 Å². The number of thiophene rings is 1. The molecule has 1 unspecified atom stereocenters. The summed E-state index contributed by atoms with van der Waals surface area (Å²) in [5.74, 6) is 0. The second-order valence-corrected chi connectivity index (χ2v) is 7.41. The van der Waals surface area contributed by atoms with E-state index in [0.717, 1.165) is 4.88 Å². The molecule has 0 amide bonds. The molecule has 8 heteroatoms. The molecule has 0 saturated carbocycles. The quantitative estimate of drug-likeness (QED) is 0.915. The van der Waals surface area contributed by atoms with E-state index in [1.165, 1.54) is 16.0 Å². The topological polar surface area (TPSA) is 64.0 Å². The van der Waals surface area contributed by atoms with Crippen molar-refractivity contribution in [3.63, 3.8) is 0 Å². The van der Waals surface area contributed by atoms with Gasteiger partial charge in [0.1, 0.15) is 10.0 Å². The summed E-state index contributed by atoms with van der Waals surface area (Å²) in [6.45, 7) is 3.57. The lowest BCUT2D eigenvalue weighted by Gasteiger charge is -2.15. The minimum atomic E-state index is -3.70. The van der Waals surface area contributed by atoms with Gasteiger partial charge < -0.3 is 0 Å². The second kappa shape index (κ2) is 5.85. The Morgan fingerprint density at radius 2 is 2.25 bits per heavy atom. The van der Waals surface area contributed by atoms with E-state index in [1.54, 1.807) is 14.0 Å². The van der Waals surface area contributed by atoms with Crippen LogP contribution in [0.3, 0.4) is 0 Å². The Balaban J connectivity index is 2.36. The SMILES string of the molecule is CCC(NS(=O)(=O)c1c(C)nn(C)c1Cl)c1cccs1. The van der Waals surface area contributed by atoms with Crippen molar-refractivity contribution in [2.45, 2.75) is 31.2 Å². The molecule has 0 spiro atoms. The summed E-state index contributed by atoms with van der Waals surface area (Å²) in [4.78, 5) is 1.03. The highest BCUT2D eigenvalue weighted by Crippen LogP contribution is 2.28. The van der Waals surface area contributed by atoms with Gasteiger partial charge >= 0.3 is 0 Å². The average Bonchev–Trinajstić information content (AvgIpc) is 2.96. The van der Waals surface area contributed by atoms with E-state index >= 15 is 0 Å². The highest BCUT2D eigenvalue weighted by molar-refractivity contribution is 7.89. The fraction of sp³-hybridized carbons (Fsp3) is 0.417. The molecule has 1 atom stereocenters. The fourth-order valence-electron chi connectivity index (χ4n) is 1.99. The molecular weight excluding hydrogens is 318 g/mol. The van der Waals surface area contributed by atoms with Crippen molar-refractivity contribution >= 4 is 33.0 Å². The summed E-state index contributed by atoms with van der Waals surface area (Å²) in [5.41, 5.74) is 0.394. The van der Waals surface area contributed by atoms with E-state index in [-0.39, 0.29) is 16.1 Å². The molecule has 20 heavy (non-hydrogen) atoms. The van der Waals surface area contributed by atoms with Crippen molar-refractivity contribution in [2.24, 2.45) is 7.05 Å². The van der Waals surface area contributed by atoms with Crippen LogP contribution in [-0.2, 0) is 17.1 Å². The smallest absolute Gasteiger partial charge is 0.246 e. The first-order valence-corrected chi connectivity index (χ1v) is 8.85. The maximum atomic E-state index is 12.5. The van der Waals surface area contributed by atoms with Gasteiger partial charge in [-0.1, -0.05) is 24.6 Å². The van der Waals surface area contributed by atoms with Crippen molar-refractivity contribution in [1.29, 1.82) is 0 Å². The summed E-state index contributed by atoms with van der Waals surface area (Å²) in [6, 6.07) is 3.56. The Morgan fingerprint density at radius 1 is 1.55 bits per heavy atom. The normalized spacial score (nSPS) is 13.6. The van der Waals surface area contributed by atoms with Gasteiger partial charge in [-0.05, 0) is 24.8 Å². The molecule has 0 aliphatic heterocycles. The maximum Gasteiger partial charge on any atom is 0.246 e. The Morgan fingerprint density at radius 3 is 2.70 bits per heavy atom. The molecular formula is C12H16ClN3O2S2. The van der Waals surface area contributed by atoms with Crippen LogP contribution in [-0.4, -0.2) is 18.2 Å². The van der Waals surface area contributed by atoms with Gasteiger partial charge in [-0.15, -0.1) is 11.3 Å². The minimum Gasteiger partial charge on any atom is -0.255 e. The third kappa shape index (κ3) is 2.90. The Kier molecular flexibility index (Phi) is 4.53. The van der Waals surface area contributed by atoms with Gasteiger partial charge in [-0.2, -0.15) is 5.10 Å². The molecule has 1 N–H and O–H groups in total. The van der Waals surface area contributed by atoms with E-state index in [0.29, 0.717) is 12.1 Å². The van der Waals surface area contributed by atoms with Crippen LogP contribution in [0.1, 0.15) is 30.0 Å². The van der Waals surface area contributed by atoms with E-state index in [9.17, 15) is 8.42 Å². The molecule has 2 heterocycles. The van der Waals surface area contributed by atoms with Gasteiger partial charge in [0.15, 0.2) is 0 Å². The third-order valence-corrected chi connectivity index (χ3v) is 6.11. The van der Waals surface area contributed by atoms with Crippen molar-refractivity contribution < 1.29 is 8.42 Å². The highest BCUT2D eigenvalue weighted by Gasteiger charge is 2.28. The van der Waals surface area contributed by atoms with Crippen LogP contribution in [0.2, 0.25) is 5.15 Å². The molecule has 0 aromatic carbocycles. The van der Waals surface area contributed by atoms with Gasteiger partial charge in [0.2, 0.25) is 10.0 Å². The first-order chi connectivity index (χ1) is 9.36. The Hall–Kier alpha value is -0.890. The Labute approximate surface area is 127 Å². The number of nitrogens with one attached hydrogen (secondary N) is 1.